The fraction of sp³-hybridized carbons (Fsp3) is 0. The molecule has 1 aliphatic carbocycles. The van der Waals surface area contributed by atoms with E-state index in [0.717, 1.165) is 6.08 Å². The zero-order chi connectivity index (χ0) is 8.59. The Balaban J connectivity index is 3.22. The van der Waals surface area contributed by atoms with Gasteiger partial charge in [-0.15, -0.1) is 0 Å². The summed E-state index contributed by atoms with van der Waals surface area (Å²) in [7, 11) is 0. The monoisotopic (exact) mass is 191 g/mol. The second kappa shape index (κ2) is 2.80. The SMILES string of the molecule is C=C1C(=N)C(Cl)=C(F)C=C1Cl. The minimum absolute atomic E-state index is 0.122. The molecule has 0 radical (unpaired) electrons. The normalized spacial score (nSPS) is 19.0. The van der Waals surface area contributed by atoms with E-state index in [1.807, 2.05) is 0 Å². The van der Waals surface area contributed by atoms with Crippen molar-refractivity contribution >= 4 is 28.9 Å². The van der Waals surface area contributed by atoms with Crippen LogP contribution in [-0.4, -0.2) is 5.71 Å². The Morgan fingerprint density at radius 1 is 1.45 bits per heavy atom. The van der Waals surface area contributed by atoms with E-state index in [2.05, 4.69) is 6.58 Å². The Morgan fingerprint density at radius 3 is 2.55 bits per heavy atom. The number of allylic oxidation sites excluding steroid dienone is 5. The van der Waals surface area contributed by atoms with Crippen LogP contribution < -0.4 is 0 Å². The molecule has 0 unspecified atom stereocenters. The lowest BCUT2D eigenvalue weighted by Crippen LogP contribution is -2.06. The lowest BCUT2D eigenvalue weighted by molar-refractivity contribution is 0.664. The van der Waals surface area contributed by atoms with Crippen LogP contribution in [0.15, 0.2) is 34.1 Å². The van der Waals surface area contributed by atoms with Crippen molar-refractivity contribution < 1.29 is 4.39 Å². The predicted molar refractivity (Wildman–Crippen MR) is 44.8 cm³/mol. The molecule has 0 aromatic rings. The van der Waals surface area contributed by atoms with E-state index in [0.29, 0.717) is 0 Å². The van der Waals surface area contributed by atoms with Crippen molar-refractivity contribution in [2.45, 2.75) is 0 Å². The summed E-state index contributed by atoms with van der Waals surface area (Å²) >= 11 is 10.9. The van der Waals surface area contributed by atoms with Crippen molar-refractivity contribution in [3.8, 4) is 0 Å². The molecule has 0 amide bonds. The highest BCUT2D eigenvalue weighted by Crippen LogP contribution is 2.29. The van der Waals surface area contributed by atoms with E-state index < -0.39 is 5.83 Å². The molecule has 0 aliphatic heterocycles. The fourth-order valence-corrected chi connectivity index (χ4v) is 0.992. The third-order valence-electron chi connectivity index (χ3n) is 1.27. The van der Waals surface area contributed by atoms with Crippen LogP contribution in [0.4, 0.5) is 4.39 Å². The van der Waals surface area contributed by atoms with Crippen molar-refractivity contribution in [3.05, 3.63) is 34.1 Å². The first-order valence-electron chi connectivity index (χ1n) is 2.75. The number of rotatable bonds is 0. The number of hydrogen-bond donors (Lipinski definition) is 1. The molecular formula is C7H4Cl2FN. The smallest absolute Gasteiger partial charge is 0.145 e. The molecule has 0 bridgehead atoms. The van der Waals surface area contributed by atoms with Crippen LogP contribution in [0.5, 0.6) is 0 Å². The molecule has 1 rings (SSSR count). The van der Waals surface area contributed by atoms with Gasteiger partial charge in [0.2, 0.25) is 0 Å². The molecule has 0 fully saturated rings. The van der Waals surface area contributed by atoms with Gasteiger partial charge in [0.25, 0.3) is 0 Å². The summed E-state index contributed by atoms with van der Waals surface area (Å²) in [4.78, 5) is 0. The minimum atomic E-state index is -0.686. The Kier molecular flexibility index (Phi) is 2.16. The van der Waals surface area contributed by atoms with Crippen molar-refractivity contribution in [1.29, 1.82) is 5.41 Å². The minimum Gasteiger partial charge on any atom is -0.299 e. The van der Waals surface area contributed by atoms with E-state index in [1.165, 1.54) is 0 Å². The summed E-state index contributed by atoms with van der Waals surface area (Å²) in [5.41, 5.74) is 0.0923. The quantitative estimate of drug-likeness (QED) is 0.609. The van der Waals surface area contributed by atoms with Gasteiger partial charge in [-0.25, -0.2) is 4.39 Å². The molecule has 58 valence electrons. The zero-order valence-electron chi connectivity index (χ0n) is 5.42. The van der Waals surface area contributed by atoms with Crippen LogP contribution in [0.2, 0.25) is 0 Å². The van der Waals surface area contributed by atoms with Crippen LogP contribution in [0.3, 0.4) is 0 Å². The summed E-state index contributed by atoms with van der Waals surface area (Å²) in [6, 6.07) is 0. The Bertz CT molecular complexity index is 298. The van der Waals surface area contributed by atoms with Crippen LogP contribution in [0.1, 0.15) is 0 Å². The molecule has 11 heavy (non-hydrogen) atoms. The second-order valence-corrected chi connectivity index (χ2v) is 2.79. The first-order chi connectivity index (χ1) is 5.04. The first kappa shape index (κ1) is 8.50. The van der Waals surface area contributed by atoms with Gasteiger partial charge in [-0.2, -0.15) is 0 Å². The summed E-state index contributed by atoms with van der Waals surface area (Å²) in [6.45, 7) is 3.45. The highest BCUT2D eigenvalue weighted by atomic mass is 35.5. The highest BCUT2D eigenvalue weighted by Gasteiger charge is 2.19. The lowest BCUT2D eigenvalue weighted by atomic mass is 10.1. The van der Waals surface area contributed by atoms with E-state index in [-0.39, 0.29) is 21.3 Å². The van der Waals surface area contributed by atoms with E-state index in [4.69, 9.17) is 28.6 Å². The van der Waals surface area contributed by atoms with Gasteiger partial charge >= 0.3 is 0 Å². The Hall–Kier alpha value is -0.600. The maximum Gasteiger partial charge on any atom is 0.145 e. The first-order valence-corrected chi connectivity index (χ1v) is 3.50. The molecule has 0 aromatic heterocycles. The van der Waals surface area contributed by atoms with Crippen molar-refractivity contribution in [3.63, 3.8) is 0 Å². The summed E-state index contributed by atoms with van der Waals surface area (Å²) < 4.78 is 12.7. The second-order valence-electron chi connectivity index (χ2n) is 2.01. The highest BCUT2D eigenvalue weighted by molar-refractivity contribution is 6.50. The van der Waals surface area contributed by atoms with Crippen LogP contribution in [0, 0.1) is 5.41 Å². The molecule has 1 N–H and O–H groups in total. The maximum atomic E-state index is 12.7. The van der Waals surface area contributed by atoms with Gasteiger partial charge in [-0.1, -0.05) is 29.8 Å². The Morgan fingerprint density at radius 2 is 2.00 bits per heavy atom. The number of nitrogens with one attached hydrogen (secondary N) is 1. The van der Waals surface area contributed by atoms with Gasteiger partial charge in [0.1, 0.15) is 10.9 Å². The lowest BCUT2D eigenvalue weighted by Gasteiger charge is -2.10. The standard InChI is InChI=1S/C7H4Cl2FN/c1-3-4(8)2-5(10)6(9)7(3)11/h2,11H,1H2. The molecule has 1 aliphatic rings. The largest absolute Gasteiger partial charge is 0.299 e. The summed E-state index contributed by atoms with van der Waals surface area (Å²) in [5.74, 6) is -0.686. The molecule has 0 heterocycles. The van der Waals surface area contributed by atoms with Gasteiger partial charge in [-0.05, 0) is 6.08 Å². The molecular weight excluding hydrogens is 188 g/mol. The van der Waals surface area contributed by atoms with E-state index in [1.54, 1.807) is 0 Å². The van der Waals surface area contributed by atoms with Crippen LogP contribution >= 0.6 is 23.2 Å². The average Bonchev–Trinajstić information content (AvgIpc) is 1.97. The summed E-state index contributed by atoms with van der Waals surface area (Å²) in [6.07, 6.45) is 1.05. The Labute approximate surface area is 73.3 Å². The molecule has 0 atom stereocenters. The van der Waals surface area contributed by atoms with Gasteiger partial charge in [0.05, 0.1) is 10.7 Å². The van der Waals surface area contributed by atoms with Crippen molar-refractivity contribution in [1.82, 2.24) is 0 Å². The third-order valence-corrected chi connectivity index (χ3v) is 1.98. The third kappa shape index (κ3) is 1.37. The molecule has 0 saturated heterocycles. The molecule has 0 aromatic carbocycles. The van der Waals surface area contributed by atoms with E-state index >= 15 is 0 Å². The van der Waals surface area contributed by atoms with Gasteiger partial charge in [0.15, 0.2) is 0 Å². The van der Waals surface area contributed by atoms with Gasteiger partial charge < -0.3 is 0 Å². The number of hydrogen-bond acceptors (Lipinski definition) is 1. The van der Waals surface area contributed by atoms with Gasteiger partial charge in [0, 0.05) is 5.57 Å². The molecule has 0 spiro atoms. The van der Waals surface area contributed by atoms with Gasteiger partial charge in [-0.3, -0.25) is 5.41 Å². The van der Waals surface area contributed by atoms with Crippen molar-refractivity contribution in [2.24, 2.45) is 0 Å². The van der Waals surface area contributed by atoms with Crippen LogP contribution in [0.25, 0.3) is 0 Å². The van der Waals surface area contributed by atoms with Crippen LogP contribution in [-0.2, 0) is 0 Å². The molecule has 1 nitrogen and oxygen atoms in total. The zero-order valence-corrected chi connectivity index (χ0v) is 6.93. The fourth-order valence-electron chi connectivity index (χ4n) is 0.633. The van der Waals surface area contributed by atoms with Crippen molar-refractivity contribution in [2.75, 3.05) is 0 Å². The predicted octanol–water partition coefficient (Wildman–Crippen LogP) is 3.12. The summed E-state index contributed by atoms with van der Waals surface area (Å²) in [5, 5.41) is 7.09. The van der Waals surface area contributed by atoms with E-state index in [9.17, 15) is 4.39 Å². The molecule has 4 heteroatoms. The number of halogens is 3. The average molecular weight is 192 g/mol. The topological polar surface area (TPSA) is 23.9 Å². The molecule has 0 saturated carbocycles. The maximum absolute atomic E-state index is 12.7.